The highest BCUT2D eigenvalue weighted by molar-refractivity contribution is 6.36. The van der Waals surface area contributed by atoms with Crippen molar-refractivity contribution in [2.24, 2.45) is 5.10 Å². The number of hydrogen-bond acceptors (Lipinski definition) is 2. The van der Waals surface area contributed by atoms with Gasteiger partial charge in [-0.15, -0.1) is 0 Å². The van der Waals surface area contributed by atoms with Gasteiger partial charge in [0.2, 0.25) is 0 Å². The zero-order valence-corrected chi connectivity index (χ0v) is 14.1. The summed E-state index contributed by atoms with van der Waals surface area (Å²) in [5.41, 5.74) is 6.93. The third-order valence-electron chi connectivity index (χ3n) is 3.43. The zero-order valence-electron chi connectivity index (χ0n) is 12.6. The molecule has 2 rings (SSSR count). The molecule has 114 valence electrons. The van der Waals surface area contributed by atoms with Crippen LogP contribution >= 0.6 is 23.2 Å². The molecule has 0 fully saturated rings. The molecule has 1 amide bonds. The Morgan fingerprint density at radius 3 is 2.41 bits per heavy atom. The molecular formula is C17H16Cl2N2O. The fourth-order valence-electron chi connectivity index (χ4n) is 1.90. The summed E-state index contributed by atoms with van der Waals surface area (Å²) in [4.78, 5) is 12.1. The van der Waals surface area contributed by atoms with Crippen molar-refractivity contribution in [3.63, 3.8) is 0 Å². The van der Waals surface area contributed by atoms with Crippen LogP contribution in [-0.2, 0) is 0 Å². The molecule has 5 heteroatoms. The average molecular weight is 335 g/mol. The van der Waals surface area contributed by atoms with E-state index in [9.17, 15) is 4.79 Å². The van der Waals surface area contributed by atoms with E-state index in [0.717, 1.165) is 11.3 Å². The summed E-state index contributed by atoms with van der Waals surface area (Å²) in [6.07, 6.45) is 0. The van der Waals surface area contributed by atoms with E-state index < -0.39 is 0 Å². The molecule has 0 aromatic heterocycles. The molecular weight excluding hydrogens is 319 g/mol. The largest absolute Gasteiger partial charge is 0.272 e. The Hall–Kier alpha value is -1.84. The van der Waals surface area contributed by atoms with Crippen LogP contribution in [0.4, 0.5) is 0 Å². The molecule has 0 atom stereocenters. The Bertz CT molecular complexity index is 754. The maximum atomic E-state index is 12.1. The summed E-state index contributed by atoms with van der Waals surface area (Å²) in [5.74, 6) is -0.371. The third-order valence-corrected chi connectivity index (χ3v) is 3.97. The first-order valence-corrected chi connectivity index (χ1v) is 7.51. The van der Waals surface area contributed by atoms with Crippen molar-refractivity contribution in [3.05, 3.63) is 68.7 Å². The second kappa shape index (κ2) is 6.95. The maximum Gasteiger partial charge on any atom is 0.272 e. The fraction of sp³-hybridized carbons (Fsp3) is 0.176. The minimum Gasteiger partial charge on any atom is -0.267 e. The minimum absolute atomic E-state index is 0.295. The Kier molecular flexibility index (Phi) is 5.22. The predicted octanol–water partition coefficient (Wildman–Crippen LogP) is 4.76. The van der Waals surface area contributed by atoms with Crippen molar-refractivity contribution >= 4 is 34.8 Å². The number of aryl methyl sites for hydroxylation is 2. The normalized spacial score (nSPS) is 11.4. The SMILES string of the molecule is C/C(=N/NC(=O)c1ccc(Cl)cc1Cl)c1ccc(C)c(C)c1. The highest BCUT2D eigenvalue weighted by atomic mass is 35.5. The molecule has 0 aliphatic carbocycles. The standard InChI is InChI=1S/C17H16Cl2N2O/c1-10-4-5-13(8-11(10)2)12(3)20-21-17(22)15-7-6-14(18)9-16(15)19/h4-9H,1-3H3,(H,21,22)/b20-12-. The van der Waals surface area contributed by atoms with Gasteiger partial charge in [0.15, 0.2) is 0 Å². The second-order valence-electron chi connectivity index (χ2n) is 5.06. The first-order valence-electron chi connectivity index (χ1n) is 6.76. The number of hydrazone groups is 1. The molecule has 0 bridgehead atoms. The average Bonchev–Trinajstić information content (AvgIpc) is 2.47. The van der Waals surface area contributed by atoms with Crippen molar-refractivity contribution in [2.75, 3.05) is 0 Å². The van der Waals surface area contributed by atoms with Gasteiger partial charge in [-0.3, -0.25) is 4.79 Å². The van der Waals surface area contributed by atoms with E-state index in [2.05, 4.69) is 17.5 Å². The van der Waals surface area contributed by atoms with Gasteiger partial charge in [-0.2, -0.15) is 5.10 Å². The molecule has 0 saturated carbocycles. The van der Waals surface area contributed by atoms with Crippen LogP contribution in [0.1, 0.15) is 34.0 Å². The van der Waals surface area contributed by atoms with Gasteiger partial charge in [-0.1, -0.05) is 35.3 Å². The van der Waals surface area contributed by atoms with Crippen LogP contribution < -0.4 is 5.43 Å². The number of rotatable bonds is 3. The lowest BCUT2D eigenvalue weighted by atomic mass is 10.0. The maximum absolute atomic E-state index is 12.1. The lowest BCUT2D eigenvalue weighted by Crippen LogP contribution is -2.19. The predicted molar refractivity (Wildman–Crippen MR) is 92.1 cm³/mol. The van der Waals surface area contributed by atoms with Crippen molar-refractivity contribution in [2.45, 2.75) is 20.8 Å². The van der Waals surface area contributed by atoms with E-state index in [1.54, 1.807) is 12.1 Å². The molecule has 0 heterocycles. The Balaban J connectivity index is 2.16. The number of benzene rings is 2. The summed E-state index contributed by atoms with van der Waals surface area (Å²) < 4.78 is 0. The first kappa shape index (κ1) is 16.5. The highest BCUT2D eigenvalue weighted by Gasteiger charge is 2.10. The van der Waals surface area contributed by atoms with E-state index in [4.69, 9.17) is 23.2 Å². The number of halogens is 2. The van der Waals surface area contributed by atoms with Gasteiger partial charge in [0.1, 0.15) is 0 Å². The Morgan fingerprint density at radius 1 is 1.05 bits per heavy atom. The van der Waals surface area contributed by atoms with Crippen LogP contribution in [0.2, 0.25) is 10.0 Å². The molecule has 0 spiro atoms. The summed E-state index contributed by atoms with van der Waals surface area (Å²) in [6.45, 7) is 5.93. The van der Waals surface area contributed by atoms with Crippen molar-refractivity contribution in [3.8, 4) is 0 Å². The molecule has 22 heavy (non-hydrogen) atoms. The number of nitrogens with zero attached hydrogens (tertiary/aromatic N) is 1. The highest BCUT2D eigenvalue weighted by Crippen LogP contribution is 2.20. The lowest BCUT2D eigenvalue weighted by molar-refractivity contribution is 0.0955. The molecule has 0 aliphatic rings. The van der Waals surface area contributed by atoms with Gasteiger partial charge in [0.25, 0.3) is 5.91 Å². The summed E-state index contributed by atoms with van der Waals surface area (Å²) in [5, 5.41) is 4.91. The molecule has 0 radical (unpaired) electrons. The molecule has 0 aliphatic heterocycles. The van der Waals surface area contributed by atoms with Crippen LogP contribution in [0.5, 0.6) is 0 Å². The van der Waals surface area contributed by atoms with E-state index in [0.29, 0.717) is 15.6 Å². The molecule has 3 nitrogen and oxygen atoms in total. The van der Waals surface area contributed by atoms with Crippen LogP contribution in [0.15, 0.2) is 41.5 Å². The lowest BCUT2D eigenvalue weighted by Gasteiger charge is -2.06. The molecule has 2 aromatic carbocycles. The van der Waals surface area contributed by atoms with Gasteiger partial charge in [0, 0.05) is 5.02 Å². The number of carbonyl (C=O) groups is 1. The Labute approximate surface area is 139 Å². The molecule has 2 aromatic rings. The Morgan fingerprint density at radius 2 is 1.77 bits per heavy atom. The van der Waals surface area contributed by atoms with Crippen molar-refractivity contribution in [1.29, 1.82) is 0 Å². The van der Waals surface area contributed by atoms with Gasteiger partial charge in [-0.25, -0.2) is 5.43 Å². The monoisotopic (exact) mass is 334 g/mol. The minimum atomic E-state index is -0.371. The molecule has 1 N–H and O–H groups in total. The van der Waals surface area contributed by atoms with Gasteiger partial charge in [0.05, 0.1) is 16.3 Å². The van der Waals surface area contributed by atoms with Crippen molar-refractivity contribution < 1.29 is 4.79 Å². The zero-order chi connectivity index (χ0) is 16.3. The molecule has 0 saturated heterocycles. The smallest absolute Gasteiger partial charge is 0.267 e. The van der Waals surface area contributed by atoms with E-state index >= 15 is 0 Å². The number of amides is 1. The van der Waals surface area contributed by atoms with E-state index in [1.807, 2.05) is 32.0 Å². The van der Waals surface area contributed by atoms with E-state index in [-0.39, 0.29) is 5.91 Å². The quantitative estimate of drug-likeness (QED) is 0.637. The van der Waals surface area contributed by atoms with Crippen LogP contribution in [0.25, 0.3) is 0 Å². The number of carbonyl (C=O) groups excluding carboxylic acids is 1. The molecule has 0 unspecified atom stereocenters. The summed E-state index contributed by atoms with van der Waals surface area (Å²) in [7, 11) is 0. The van der Waals surface area contributed by atoms with Crippen LogP contribution in [-0.4, -0.2) is 11.6 Å². The van der Waals surface area contributed by atoms with Gasteiger partial charge in [-0.05, 0) is 61.7 Å². The van der Waals surface area contributed by atoms with E-state index in [1.165, 1.54) is 17.2 Å². The van der Waals surface area contributed by atoms with Crippen molar-refractivity contribution in [1.82, 2.24) is 5.43 Å². The number of hydrogen-bond donors (Lipinski definition) is 1. The first-order chi connectivity index (χ1) is 10.4. The van der Waals surface area contributed by atoms with Gasteiger partial charge < -0.3 is 0 Å². The topological polar surface area (TPSA) is 41.5 Å². The third kappa shape index (κ3) is 3.87. The van der Waals surface area contributed by atoms with Crippen LogP contribution in [0.3, 0.4) is 0 Å². The van der Waals surface area contributed by atoms with Crippen LogP contribution in [0, 0.1) is 13.8 Å². The summed E-state index contributed by atoms with van der Waals surface area (Å²) >= 11 is 11.8. The fourth-order valence-corrected chi connectivity index (χ4v) is 2.39. The van der Waals surface area contributed by atoms with Gasteiger partial charge >= 0.3 is 0 Å². The second-order valence-corrected chi connectivity index (χ2v) is 5.90. The summed E-state index contributed by atoms with van der Waals surface area (Å²) in [6, 6.07) is 10.8. The number of nitrogens with one attached hydrogen (secondary N) is 1.